The van der Waals surface area contributed by atoms with E-state index in [9.17, 15) is 4.21 Å². The summed E-state index contributed by atoms with van der Waals surface area (Å²) >= 11 is 0. The number of piperazine rings is 1. The van der Waals surface area contributed by atoms with Crippen LogP contribution in [0, 0.1) is 0 Å². The van der Waals surface area contributed by atoms with Gasteiger partial charge in [0.05, 0.1) is 0 Å². The van der Waals surface area contributed by atoms with E-state index >= 15 is 0 Å². The van der Waals surface area contributed by atoms with Gasteiger partial charge in [-0.3, -0.25) is 8.78 Å². The monoisotopic (exact) mass is 518 g/mol. The molecule has 4 heterocycles. The molecule has 0 atom stereocenters. The Bertz CT molecular complexity index is 1450. The molecule has 0 radical (unpaired) electrons. The first-order chi connectivity index (χ1) is 17.8. The molecule has 1 aliphatic heterocycles. The SMILES string of the molecule is C=CCc1cc2cnc(Nc3ccc(N4CCN(C)CC4)cc3)nc2n1-c1cccc(N[SH](C)(C)=O)n1. The number of fused-ring (bicyclic) bond motifs is 1. The summed E-state index contributed by atoms with van der Waals surface area (Å²) in [5.41, 5.74) is 3.88. The largest absolute Gasteiger partial charge is 0.369 e. The van der Waals surface area contributed by atoms with E-state index in [1.807, 2.05) is 35.0 Å². The van der Waals surface area contributed by atoms with Crippen molar-refractivity contribution in [3.05, 3.63) is 73.1 Å². The Hall–Kier alpha value is -3.76. The van der Waals surface area contributed by atoms with Crippen molar-refractivity contribution in [2.24, 2.45) is 0 Å². The highest BCUT2D eigenvalue weighted by Crippen LogP contribution is 2.26. The molecule has 2 N–H and O–H groups in total. The number of aromatic nitrogens is 4. The predicted octanol–water partition coefficient (Wildman–Crippen LogP) is 3.64. The van der Waals surface area contributed by atoms with Gasteiger partial charge in [-0.2, -0.15) is 4.98 Å². The summed E-state index contributed by atoms with van der Waals surface area (Å²) < 4.78 is 17.3. The van der Waals surface area contributed by atoms with E-state index in [-0.39, 0.29) is 0 Å². The smallest absolute Gasteiger partial charge is 0.229 e. The number of benzene rings is 1. The minimum atomic E-state index is -2.50. The standard InChI is InChI=1S/C27H34N8OS/c1-5-7-23-18-20-19-28-27(29-21-10-12-22(13-11-21)34-16-14-33(2)15-17-34)31-26(20)35(23)25-9-6-8-24(30-25)32-37(3,4)36/h5-6,8-13,18-19,37H,1,7,14-17H2,2-4H3,(H,28,29,31)(H,30,32,36). The third-order valence-electron chi connectivity index (χ3n) is 6.31. The van der Waals surface area contributed by atoms with E-state index in [4.69, 9.17) is 9.97 Å². The minimum Gasteiger partial charge on any atom is -0.369 e. The summed E-state index contributed by atoms with van der Waals surface area (Å²) in [7, 11) is -0.335. The van der Waals surface area contributed by atoms with Crippen molar-refractivity contribution >= 4 is 44.3 Å². The molecule has 1 aliphatic rings. The second kappa shape index (κ2) is 10.3. The molecule has 0 unspecified atom stereocenters. The van der Waals surface area contributed by atoms with Crippen molar-refractivity contribution in [1.29, 1.82) is 0 Å². The van der Waals surface area contributed by atoms with Gasteiger partial charge in [-0.15, -0.1) is 6.58 Å². The minimum absolute atomic E-state index is 0.505. The van der Waals surface area contributed by atoms with Crippen LogP contribution in [0.5, 0.6) is 0 Å². The first-order valence-electron chi connectivity index (χ1n) is 12.4. The number of thiol groups is 1. The van der Waals surface area contributed by atoms with Crippen molar-refractivity contribution in [1.82, 2.24) is 24.4 Å². The van der Waals surface area contributed by atoms with Gasteiger partial charge in [0.2, 0.25) is 5.95 Å². The molecule has 0 amide bonds. The van der Waals surface area contributed by atoms with Crippen LogP contribution in [0.3, 0.4) is 0 Å². The highest BCUT2D eigenvalue weighted by molar-refractivity contribution is 8.02. The van der Waals surface area contributed by atoms with E-state index in [0.29, 0.717) is 24.0 Å². The van der Waals surface area contributed by atoms with Crippen LogP contribution in [-0.4, -0.2) is 74.4 Å². The number of anilines is 4. The Balaban J connectivity index is 1.44. The van der Waals surface area contributed by atoms with Crippen LogP contribution in [0.4, 0.5) is 23.1 Å². The zero-order valence-electron chi connectivity index (χ0n) is 21.6. The Labute approximate surface area is 218 Å². The third kappa shape index (κ3) is 5.81. The maximum atomic E-state index is 12.3. The maximum absolute atomic E-state index is 12.3. The molecule has 10 heteroatoms. The molecule has 1 fully saturated rings. The van der Waals surface area contributed by atoms with Gasteiger partial charge in [0.1, 0.15) is 11.6 Å². The van der Waals surface area contributed by atoms with E-state index in [1.54, 1.807) is 12.5 Å². The molecule has 0 spiro atoms. The van der Waals surface area contributed by atoms with Crippen molar-refractivity contribution in [3.8, 4) is 5.82 Å². The molecule has 0 bridgehead atoms. The number of nitrogens with zero attached hydrogens (tertiary/aromatic N) is 6. The van der Waals surface area contributed by atoms with E-state index in [1.165, 1.54) is 5.69 Å². The fourth-order valence-corrected chi connectivity index (χ4v) is 5.17. The first kappa shape index (κ1) is 24.9. The van der Waals surface area contributed by atoms with Gasteiger partial charge in [0, 0.05) is 73.8 Å². The van der Waals surface area contributed by atoms with Gasteiger partial charge in [-0.25, -0.2) is 9.97 Å². The normalized spacial score (nSPS) is 15.1. The molecular formula is C27H34N8OS. The van der Waals surface area contributed by atoms with Gasteiger partial charge >= 0.3 is 0 Å². The molecule has 37 heavy (non-hydrogen) atoms. The molecule has 194 valence electrons. The highest BCUT2D eigenvalue weighted by Gasteiger charge is 2.16. The predicted molar refractivity (Wildman–Crippen MR) is 155 cm³/mol. The van der Waals surface area contributed by atoms with Crippen LogP contribution in [0.2, 0.25) is 0 Å². The summed E-state index contributed by atoms with van der Waals surface area (Å²) in [5.74, 6) is 1.75. The van der Waals surface area contributed by atoms with Crippen LogP contribution in [0.1, 0.15) is 5.69 Å². The quantitative estimate of drug-likeness (QED) is 0.242. The van der Waals surface area contributed by atoms with E-state index in [2.05, 4.69) is 68.8 Å². The lowest BCUT2D eigenvalue weighted by Gasteiger charge is -2.34. The molecule has 9 nitrogen and oxygen atoms in total. The average Bonchev–Trinajstić information content (AvgIpc) is 3.22. The van der Waals surface area contributed by atoms with Crippen LogP contribution >= 0.6 is 0 Å². The number of rotatable bonds is 8. The first-order valence-corrected chi connectivity index (χ1v) is 15.0. The van der Waals surface area contributed by atoms with Gasteiger partial charge in [-0.05, 0) is 59.6 Å². The fraction of sp³-hybridized carbons (Fsp3) is 0.296. The maximum Gasteiger partial charge on any atom is 0.229 e. The zero-order chi connectivity index (χ0) is 26.0. The Kier molecular flexibility index (Phi) is 6.94. The van der Waals surface area contributed by atoms with Gasteiger partial charge in [0.15, 0.2) is 5.65 Å². The Morgan fingerprint density at radius 2 is 1.81 bits per heavy atom. The summed E-state index contributed by atoms with van der Waals surface area (Å²) in [6, 6.07) is 16.1. The summed E-state index contributed by atoms with van der Waals surface area (Å²) in [6.07, 6.45) is 7.68. The molecule has 3 aromatic heterocycles. The second-order valence-electron chi connectivity index (χ2n) is 9.74. The zero-order valence-corrected chi connectivity index (χ0v) is 22.4. The molecule has 0 aliphatic carbocycles. The molecule has 1 aromatic carbocycles. The molecule has 4 aromatic rings. The number of hydrogen-bond donors (Lipinski definition) is 3. The highest BCUT2D eigenvalue weighted by atomic mass is 32.3. The molecule has 0 saturated carbocycles. The lowest BCUT2D eigenvalue weighted by Crippen LogP contribution is -2.44. The van der Waals surface area contributed by atoms with Crippen molar-refractivity contribution < 1.29 is 4.21 Å². The number of pyridine rings is 1. The number of allylic oxidation sites excluding steroid dienone is 1. The number of hydrogen-bond acceptors (Lipinski definition) is 7. The Morgan fingerprint density at radius 3 is 2.51 bits per heavy atom. The van der Waals surface area contributed by atoms with Crippen LogP contribution in [0.15, 0.2) is 67.4 Å². The van der Waals surface area contributed by atoms with Crippen LogP contribution in [-0.2, 0) is 16.5 Å². The number of likely N-dealkylation sites (N-methyl/N-ethyl adjacent to an activating group) is 1. The summed E-state index contributed by atoms with van der Waals surface area (Å²) in [5, 5.41) is 4.25. The fourth-order valence-electron chi connectivity index (χ4n) is 4.49. The van der Waals surface area contributed by atoms with Crippen molar-refractivity contribution in [3.63, 3.8) is 0 Å². The van der Waals surface area contributed by atoms with Gasteiger partial charge in [-0.1, -0.05) is 12.1 Å². The topological polar surface area (TPSA) is 91.2 Å². The van der Waals surface area contributed by atoms with Crippen molar-refractivity contribution in [2.45, 2.75) is 6.42 Å². The van der Waals surface area contributed by atoms with E-state index < -0.39 is 10.1 Å². The Morgan fingerprint density at radius 1 is 1.05 bits per heavy atom. The second-order valence-corrected chi connectivity index (χ2v) is 12.7. The molecule has 1 saturated heterocycles. The number of nitrogens with one attached hydrogen (secondary N) is 2. The van der Waals surface area contributed by atoms with Crippen molar-refractivity contribution in [2.75, 3.05) is 60.7 Å². The average molecular weight is 519 g/mol. The molecule has 5 rings (SSSR count). The van der Waals surface area contributed by atoms with E-state index in [0.717, 1.165) is 48.6 Å². The van der Waals surface area contributed by atoms with Crippen LogP contribution in [0.25, 0.3) is 16.9 Å². The molecular weight excluding hydrogens is 484 g/mol. The van der Waals surface area contributed by atoms with Gasteiger partial charge in [0.25, 0.3) is 0 Å². The lowest BCUT2D eigenvalue weighted by molar-refractivity contribution is 0.313. The van der Waals surface area contributed by atoms with Gasteiger partial charge < -0.3 is 19.8 Å². The third-order valence-corrected chi connectivity index (χ3v) is 7.08. The lowest BCUT2D eigenvalue weighted by atomic mass is 10.2. The van der Waals surface area contributed by atoms with Crippen LogP contribution < -0.4 is 14.9 Å². The summed E-state index contributed by atoms with van der Waals surface area (Å²) in [6.45, 7) is 8.12. The summed E-state index contributed by atoms with van der Waals surface area (Å²) in [4.78, 5) is 18.9.